The lowest BCUT2D eigenvalue weighted by atomic mass is 9.77. The molecule has 0 aromatic heterocycles. The topological polar surface area (TPSA) is 63.6 Å². The van der Waals surface area contributed by atoms with Gasteiger partial charge in [0.1, 0.15) is 0 Å². The number of rotatable bonds is 7. The molecule has 1 unspecified atom stereocenters. The van der Waals surface area contributed by atoms with Crippen molar-refractivity contribution in [1.29, 1.82) is 0 Å². The second-order valence-electron chi connectivity index (χ2n) is 4.80. The Hall–Kier alpha value is -1.06. The number of carboxylic acids is 1. The van der Waals surface area contributed by atoms with E-state index in [2.05, 4.69) is 0 Å². The molecule has 94 valence electrons. The van der Waals surface area contributed by atoms with Crippen LogP contribution in [0.3, 0.4) is 0 Å². The smallest absolute Gasteiger partial charge is 0.307 e. The van der Waals surface area contributed by atoms with E-state index in [-0.39, 0.29) is 12.6 Å². The Morgan fingerprint density at radius 2 is 1.94 bits per heavy atom. The van der Waals surface area contributed by atoms with E-state index in [9.17, 15) is 9.59 Å². The van der Waals surface area contributed by atoms with E-state index in [1.165, 1.54) is 6.92 Å². The second kappa shape index (κ2) is 6.51. The maximum Gasteiger partial charge on any atom is 0.307 e. The summed E-state index contributed by atoms with van der Waals surface area (Å²) in [7, 11) is 0. The van der Waals surface area contributed by atoms with Gasteiger partial charge in [0.15, 0.2) is 0 Å². The van der Waals surface area contributed by atoms with Gasteiger partial charge in [0.05, 0.1) is 12.5 Å². The summed E-state index contributed by atoms with van der Waals surface area (Å²) in [6.07, 6.45) is 2.47. The Morgan fingerprint density at radius 1 is 1.38 bits per heavy atom. The van der Waals surface area contributed by atoms with Gasteiger partial charge >= 0.3 is 11.9 Å². The molecule has 0 aromatic carbocycles. The van der Waals surface area contributed by atoms with Crippen LogP contribution in [0.1, 0.15) is 47.0 Å². The van der Waals surface area contributed by atoms with Crippen LogP contribution < -0.4 is 0 Å². The van der Waals surface area contributed by atoms with Gasteiger partial charge in [-0.05, 0) is 6.42 Å². The number of hydrogen-bond acceptors (Lipinski definition) is 3. The average Bonchev–Trinajstić information content (AvgIpc) is 2.14. The van der Waals surface area contributed by atoms with Gasteiger partial charge in [-0.3, -0.25) is 9.59 Å². The summed E-state index contributed by atoms with van der Waals surface area (Å²) in [5.74, 6) is -1.65. The summed E-state index contributed by atoms with van der Waals surface area (Å²) >= 11 is 0. The van der Waals surface area contributed by atoms with Crippen molar-refractivity contribution in [1.82, 2.24) is 0 Å². The van der Waals surface area contributed by atoms with Crippen molar-refractivity contribution in [3.05, 3.63) is 0 Å². The quantitative estimate of drug-likeness (QED) is 0.682. The summed E-state index contributed by atoms with van der Waals surface area (Å²) in [6.45, 7) is 7.16. The Bertz CT molecular complexity index is 245. The SMILES string of the molecule is CCCCC(C(=O)O)C(C)(C)COC(C)=O. The number of carboxylic acid groups (broad SMARTS) is 1. The van der Waals surface area contributed by atoms with Crippen molar-refractivity contribution in [2.75, 3.05) is 6.61 Å². The van der Waals surface area contributed by atoms with Crippen LogP contribution in [0, 0.1) is 11.3 Å². The first kappa shape index (κ1) is 14.9. The first-order valence-corrected chi connectivity index (χ1v) is 5.67. The second-order valence-corrected chi connectivity index (χ2v) is 4.80. The molecule has 0 radical (unpaired) electrons. The molecular formula is C12H22O4. The number of carbonyl (C=O) groups is 2. The van der Waals surface area contributed by atoms with Gasteiger partial charge < -0.3 is 9.84 Å². The minimum atomic E-state index is -0.814. The summed E-state index contributed by atoms with van der Waals surface area (Å²) in [5.41, 5.74) is -0.521. The maximum atomic E-state index is 11.2. The molecule has 4 nitrogen and oxygen atoms in total. The molecule has 0 aromatic rings. The van der Waals surface area contributed by atoms with Crippen LogP contribution in [-0.4, -0.2) is 23.7 Å². The number of hydrogen-bond donors (Lipinski definition) is 1. The van der Waals surface area contributed by atoms with Crippen LogP contribution in [0.15, 0.2) is 0 Å². The molecule has 0 heterocycles. The fraction of sp³-hybridized carbons (Fsp3) is 0.833. The van der Waals surface area contributed by atoms with Crippen molar-refractivity contribution in [3.63, 3.8) is 0 Å². The number of unbranched alkanes of at least 4 members (excludes halogenated alkanes) is 1. The van der Waals surface area contributed by atoms with Crippen molar-refractivity contribution in [2.45, 2.75) is 47.0 Å². The molecule has 0 aliphatic carbocycles. The van der Waals surface area contributed by atoms with Crippen LogP contribution in [-0.2, 0) is 14.3 Å². The van der Waals surface area contributed by atoms with Crippen LogP contribution in [0.4, 0.5) is 0 Å². The van der Waals surface area contributed by atoms with Gasteiger partial charge in [0.2, 0.25) is 0 Å². The maximum absolute atomic E-state index is 11.2. The highest BCUT2D eigenvalue weighted by atomic mass is 16.5. The molecule has 16 heavy (non-hydrogen) atoms. The summed E-state index contributed by atoms with van der Waals surface area (Å²) < 4.78 is 4.92. The lowest BCUT2D eigenvalue weighted by molar-refractivity contribution is -0.154. The average molecular weight is 230 g/mol. The molecule has 0 bridgehead atoms. The standard InChI is InChI=1S/C12H22O4/c1-5-6-7-10(11(14)15)12(3,4)8-16-9(2)13/h10H,5-8H2,1-4H3,(H,14,15). The highest BCUT2D eigenvalue weighted by molar-refractivity contribution is 5.71. The first-order chi connectivity index (χ1) is 7.31. The Balaban J connectivity index is 4.48. The fourth-order valence-corrected chi connectivity index (χ4v) is 1.64. The molecule has 0 aliphatic rings. The third-order valence-corrected chi connectivity index (χ3v) is 2.74. The van der Waals surface area contributed by atoms with E-state index in [0.29, 0.717) is 6.42 Å². The summed E-state index contributed by atoms with van der Waals surface area (Å²) in [5, 5.41) is 9.16. The monoisotopic (exact) mass is 230 g/mol. The van der Waals surface area contributed by atoms with Crippen LogP contribution in [0.25, 0.3) is 0 Å². The number of carbonyl (C=O) groups excluding carboxylic acids is 1. The molecule has 4 heteroatoms. The van der Waals surface area contributed by atoms with Gasteiger partial charge in [0, 0.05) is 12.3 Å². The van der Waals surface area contributed by atoms with E-state index in [1.807, 2.05) is 20.8 Å². The summed E-state index contributed by atoms with van der Waals surface area (Å²) in [6, 6.07) is 0. The van der Waals surface area contributed by atoms with Crippen molar-refractivity contribution < 1.29 is 19.4 Å². The zero-order valence-electron chi connectivity index (χ0n) is 10.6. The third kappa shape index (κ3) is 5.14. The highest BCUT2D eigenvalue weighted by Gasteiger charge is 2.35. The Labute approximate surface area is 97.0 Å². The largest absolute Gasteiger partial charge is 0.481 e. The number of ether oxygens (including phenoxy) is 1. The Morgan fingerprint density at radius 3 is 2.31 bits per heavy atom. The minimum absolute atomic E-state index is 0.156. The minimum Gasteiger partial charge on any atom is -0.481 e. The van der Waals surface area contributed by atoms with Crippen molar-refractivity contribution in [2.24, 2.45) is 11.3 Å². The third-order valence-electron chi connectivity index (χ3n) is 2.74. The molecule has 1 atom stereocenters. The highest BCUT2D eigenvalue weighted by Crippen LogP contribution is 2.31. The van der Waals surface area contributed by atoms with Crippen molar-refractivity contribution in [3.8, 4) is 0 Å². The lowest BCUT2D eigenvalue weighted by Crippen LogP contribution is -2.35. The molecule has 0 amide bonds. The predicted molar refractivity (Wildman–Crippen MR) is 61.1 cm³/mol. The fourth-order valence-electron chi connectivity index (χ4n) is 1.64. The Kier molecular flexibility index (Phi) is 6.08. The van der Waals surface area contributed by atoms with Crippen LogP contribution in [0.2, 0.25) is 0 Å². The molecular weight excluding hydrogens is 208 g/mol. The van der Waals surface area contributed by atoms with Gasteiger partial charge in [-0.25, -0.2) is 0 Å². The molecule has 0 rings (SSSR count). The van der Waals surface area contributed by atoms with Gasteiger partial charge in [-0.1, -0.05) is 33.6 Å². The first-order valence-electron chi connectivity index (χ1n) is 5.67. The van der Waals surface area contributed by atoms with E-state index in [0.717, 1.165) is 12.8 Å². The summed E-state index contributed by atoms with van der Waals surface area (Å²) in [4.78, 5) is 21.9. The normalized spacial score (nSPS) is 13.2. The zero-order chi connectivity index (χ0) is 12.8. The molecule has 0 aliphatic heterocycles. The predicted octanol–water partition coefficient (Wildman–Crippen LogP) is 2.47. The van der Waals surface area contributed by atoms with Gasteiger partial charge in [-0.2, -0.15) is 0 Å². The van der Waals surface area contributed by atoms with Crippen LogP contribution >= 0.6 is 0 Å². The van der Waals surface area contributed by atoms with Gasteiger partial charge in [0.25, 0.3) is 0 Å². The molecule has 0 saturated heterocycles. The van der Waals surface area contributed by atoms with Crippen molar-refractivity contribution >= 4 is 11.9 Å². The molecule has 0 fully saturated rings. The molecule has 0 saturated carbocycles. The molecule has 0 spiro atoms. The molecule has 1 N–H and O–H groups in total. The van der Waals surface area contributed by atoms with Crippen LogP contribution in [0.5, 0.6) is 0 Å². The zero-order valence-corrected chi connectivity index (χ0v) is 10.6. The number of esters is 1. The van der Waals surface area contributed by atoms with E-state index in [4.69, 9.17) is 9.84 Å². The van der Waals surface area contributed by atoms with E-state index < -0.39 is 17.3 Å². The van der Waals surface area contributed by atoms with E-state index in [1.54, 1.807) is 0 Å². The van der Waals surface area contributed by atoms with E-state index >= 15 is 0 Å². The number of aliphatic carboxylic acids is 1. The van der Waals surface area contributed by atoms with Gasteiger partial charge in [-0.15, -0.1) is 0 Å². The lowest BCUT2D eigenvalue weighted by Gasteiger charge is -2.30.